The van der Waals surface area contributed by atoms with Gasteiger partial charge in [-0.2, -0.15) is 0 Å². The Hall–Kier alpha value is -0.190. The highest BCUT2D eigenvalue weighted by Crippen LogP contribution is 2.36. The normalized spacial score (nSPS) is 11.0. The molecule has 0 atom stereocenters. The van der Waals surface area contributed by atoms with Crippen molar-refractivity contribution in [2.75, 3.05) is 6.26 Å². The minimum absolute atomic E-state index is 0.174. The van der Waals surface area contributed by atoms with Gasteiger partial charge in [-0.05, 0) is 23.8 Å². The molecule has 0 aliphatic heterocycles. The van der Waals surface area contributed by atoms with Gasteiger partial charge in [-0.3, -0.25) is 0 Å². The summed E-state index contributed by atoms with van der Waals surface area (Å²) < 4.78 is 14.4. The first-order valence-corrected chi connectivity index (χ1v) is 6.22. The van der Waals surface area contributed by atoms with Gasteiger partial charge in [-0.15, -0.1) is 35.7 Å². The van der Waals surface area contributed by atoms with Crippen LogP contribution in [-0.2, 0) is 0 Å². The van der Waals surface area contributed by atoms with Crippen LogP contribution in [0.2, 0.25) is 0 Å². The van der Waals surface area contributed by atoms with Crippen LogP contribution >= 0.6 is 35.7 Å². The third-order valence-electron chi connectivity index (χ3n) is 1.83. The molecule has 0 bridgehead atoms. The number of thiol groups is 1. The van der Waals surface area contributed by atoms with Crippen molar-refractivity contribution >= 4 is 45.8 Å². The molecule has 2 aromatic rings. The summed E-state index contributed by atoms with van der Waals surface area (Å²) in [6.45, 7) is 0. The second kappa shape index (κ2) is 3.52. The van der Waals surface area contributed by atoms with Crippen LogP contribution in [-0.4, -0.2) is 6.26 Å². The Kier molecular flexibility index (Phi) is 2.53. The van der Waals surface area contributed by atoms with Gasteiger partial charge in [-0.1, -0.05) is 0 Å². The van der Waals surface area contributed by atoms with Gasteiger partial charge in [0.05, 0.1) is 9.60 Å². The monoisotopic (exact) mass is 230 g/mol. The fourth-order valence-corrected chi connectivity index (χ4v) is 3.42. The van der Waals surface area contributed by atoms with Crippen LogP contribution in [0.25, 0.3) is 10.1 Å². The average Bonchev–Trinajstić information content (AvgIpc) is 2.53. The number of hydrogen-bond acceptors (Lipinski definition) is 3. The van der Waals surface area contributed by atoms with E-state index in [1.807, 2.05) is 17.7 Å². The Morgan fingerprint density at radius 2 is 2.31 bits per heavy atom. The minimum Gasteiger partial charge on any atom is -0.206 e. The standard InChI is InChI=1S/C9H7FS3/c1-12-9-6(10)4-7(11)5-2-3-13-8(5)9/h2-4,11H,1H3. The molecule has 0 saturated carbocycles. The van der Waals surface area contributed by atoms with Crippen molar-refractivity contribution in [3.63, 3.8) is 0 Å². The molecular weight excluding hydrogens is 223 g/mol. The predicted octanol–water partition coefficient (Wildman–Crippen LogP) is 4.05. The first kappa shape index (κ1) is 9.37. The molecule has 4 heteroatoms. The molecule has 0 radical (unpaired) electrons. The molecule has 1 aromatic heterocycles. The van der Waals surface area contributed by atoms with Gasteiger partial charge in [0.2, 0.25) is 0 Å². The lowest BCUT2D eigenvalue weighted by Crippen LogP contribution is -1.81. The predicted molar refractivity (Wildman–Crippen MR) is 60.8 cm³/mol. The molecular formula is C9H7FS3. The summed E-state index contributed by atoms with van der Waals surface area (Å²) in [5, 5.41) is 3.00. The molecule has 0 unspecified atom stereocenters. The highest BCUT2D eigenvalue weighted by molar-refractivity contribution is 7.99. The number of halogens is 1. The maximum Gasteiger partial charge on any atom is 0.139 e. The molecule has 0 nitrogen and oxygen atoms in total. The van der Waals surface area contributed by atoms with Crippen LogP contribution in [0.15, 0.2) is 27.3 Å². The summed E-state index contributed by atoms with van der Waals surface area (Å²) in [6, 6.07) is 3.45. The zero-order valence-electron chi connectivity index (χ0n) is 6.87. The van der Waals surface area contributed by atoms with Crippen LogP contribution in [0.3, 0.4) is 0 Å². The minimum atomic E-state index is -0.174. The molecule has 0 N–H and O–H groups in total. The van der Waals surface area contributed by atoms with Crippen molar-refractivity contribution in [3.05, 3.63) is 23.3 Å². The SMILES string of the molecule is CSc1c(F)cc(S)c2ccsc12. The van der Waals surface area contributed by atoms with Gasteiger partial charge in [0.1, 0.15) is 5.82 Å². The Bertz CT molecular complexity index is 447. The second-order valence-electron chi connectivity index (χ2n) is 2.57. The van der Waals surface area contributed by atoms with E-state index in [1.54, 1.807) is 11.3 Å². The van der Waals surface area contributed by atoms with Crippen molar-refractivity contribution < 1.29 is 4.39 Å². The van der Waals surface area contributed by atoms with Crippen LogP contribution in [0.5, 0.6) is 0 Å². The molecule has 2 rings (SSSR count). The number of rotatable bonds is 1. The number of hydrogen-bond donors (Lipinski definition) is 1. The third kappa shape index (κ3) is 1.47. The summed E-state index contributed by atoms with van der Waals surface area (Å²) in [5.41, 5.74) is 0. The molecule has 0 fully saturated rings. The lowest BCUT2D eigenvalue weighted by Gasteiger charge is -2.02. The molecule has 1 aromatic carbocycles. The summed E-state index contributed by atoms with van der Waals surface area (Å²) in [4.78, 5) is 1.44. The van der Waals surface area contributed by atoms with E-state index in [1.165, 1.54) is 17.8 Å². The molecule has 68 valence electrons. The Labute approximate surface area is 89.6 Å². The van der Waals surface area contributed by atoms with Gasteiger partial charge >= 0.3 is 0 Å². The summed E-state index contributed by atoms with van der Waals surface area (Å²) >= 11 is 7.23. The van der Waals surface area contributed by atoms with Gasteiger partial charge < -0.3 is 0 Å². The summed E-state index contributed by atoms with van der Waals surface area (Å²) in [7, 11) is 0. The van der Waals surface area contributed by atoms with Gasteiger partial charge in [0, 0.05) is 10.3 Å². The average molecular weight is 230 g/mol. The van der Waals surface area contributed by atoms with Crippen LogP contribution in [0.1, 0.15) is 0 Å². The number of thiophene rings is 1. The largest absolute Gasteiger partial charge is 0.206 e. The van der Waals surface area contributed by atoms with E-state index >= 15 is 0 Å². The maximum atomic E-state index is 13.4. The number of benzene rings is 1. The molecule has 0 spiro atoms. The van der Waals surface area contributed by atoms with E-state index < -0.39 is 0 Å². The van der Waals surface area contributed by atoms with E-state index in [0.29, 0.717) is 4.90 Å². The Morgan fingerprint density at radius 3 is 3.00 bits per heavy atom. The summed E-state index contributed by atoms with van der Waals surface area (Å²) in [6.07, 6.45) is 1.88. The fraction of sp³-hybridized carbons (Fsp3) is 0.111. The van der Waals surface area contributed by atoms with E-state index in [2.05, 4.69) is 12.6 Å². The van der Waals surface area contributed by atoms with Gasteiger partial charge in [0.25, 0.3) is 0 Å². The second-order valence-corrected chi connectivity index (χ2v) is 4.79. The van der Waals surface area contributed by atoms with Crippen molar-refractivity contribution in [1.29, 1.82) is 0 Å². The van der Waals surface area contributed by atoms with Crippen LogP contribution in [0, 0.1) is 5.82 Å². The fourth-order valence-electron chi connectivity index (χ4n) is 1.25. The molecule has 0 saturated heterocycles. The zero-order chi connectivity index (χ0) is 9.42. The Morgan fingerprint density at radius 1 is 1.54 bits per heavy atom. The number of thioether (sulfide) groups is 1. The molecule has 1 heterocycles. The molecule has 0 aliphatic carbocycles. The smallest absolute Gasteiger partial charge is 0.139 e. The highest BCUT2D eigenvalue weighted by atomic mass is 32.2. The topological polar surface area (TPSA) is 0 Å². The van der Waals surface area contributed by atoms with Gasteiger partial charge in [-0.25, -0.2) is 4.39 Å². The van der Waals surface area contributed by atoms with Crippen molar-refractivity contribution in [3.8, 4) is 0 Å². The van der Waals surface area contributed by atoms with Crippen molar-refractivity contribution in [2.24, 2.45) is 0 Å². The lowest BCUT2D eigenvalue weighted by molar-refractivity contribution is 0.603. The number of fused-ring (bicyclic) bond motifs is 1. The van der Waals surface area contributed by atoms with Crippen LogP contribution < -0.4 is 0 Å². The zero-order valence-corrected chi connectivity index (χ0v) is 9.40. The van der Waals surface area contributed by atoms with Crippen molar-refractivity contribution in [1.82, 2.24) is 0 Å². The van der Waals surface area contributed by atoms with Crippen molar-refractivity contribution in [2.45, 2.75) is 9.79 Å². The van der Waals surface area contributed by atoms with Gasteiger partial charge in [0.15, 0.2) is 0 Å². The molecule has 0 aliphatic rings. The first-order valence-electron chi connectivity index (χ1n) is 3.66. The quantitative estimate of drug-likeness (QED) is 0.569. The van der Waals surface area contributed by atoms with E-state index in [-0.39, 0.29) is 5.82 Å². The lowest BCUT2D eigenvalue weighted by atomic mass is 10.2. The first-order chi connectivity index (χ1) is 6.24. The molecule has 0 amide bonds. The van der Waals surface area contributed by atoms with E-state index in [0.717, 1.165) is 15.0 Å². The maximum absolute atomic E-state index is 13.4. The summed E-state index contributed by atoms with van der Waals surface area (Å²) in [5.74, 6) is -0.174. The Balaban J connectivity index is 2.88. The van der Waals surface area contributed by atoms with E-state index in [4.69, 9.17) is 0 Å². The third-order valence-corrected chi connectivity index (χ3v) is 4.07. The van der Waals surface area contributed by atoms with E-state index in [9.17, 15) is 4.39 Å². The van der Waals surface area contributed by atoms with Crippen LogP contribution in [0.4, 0.5) is 4.39 Å². The molecule has 13 heavy (non-hydrogen) atoms. The highest BCUT2D eigenvalue weighted by Gasteiger charge is 2.10.